The molecule has 2 aromatic carbocycles. The molecule has 0 saturated carbocycles. The van der Waals surface area contributed by atoms with Gasteiger partial charge >= 0.3 is 0 Å². The number of guanidine groups is 1. The first-order valence-electron chi connectivity index (χ1n) is 8.15. The lowest BCUT2D eigenvalue weighted by atomic mass is 10.1. The summed E-state index contributed by atoms with van der Waals surface area (Å²) in [6.45, 7) is 1.87. The first-order chi connectivity index (χ1) is 11.6. The first kappa shape index (κ1) is 21.4. The summed E-state index contributed by atoms with van der Waals surface area (Å²) in [4.78, 5) is 8.78. The number of halogens is 1. The molecular formula is C20H28IN3O. The van der Waals surface area contributed by atoms with Crippen molar-refractivity contribution in [2.75, 3.05) is 28.2 Å². The third kappa shape index (κ3) is 7.04. The molecule has 0 unspecified atom stereocenters. The molecular weight excluding hydrogens is 425 g/mol. The van der Waals surface area contributed by atoms with Crippen LogP contribution in [-0.2, 0) is 24.5 Å². The lowest BCUT2D eigenvalue weighted by Gasteiger charge is -2.22. The Labute approximate surface area is 168 Å². The van der Waals surface area contributed by atoms with E-state index in [1.807, 2.05) is 62.3 Å². The summed E-state index contributed by atoms with van der Waals surface area (Å²) in [7, 11) is 8.03. The van der Waals surface area contributed by atoms with Crippen molar-refractivity contribution in [3.8, 4) is 0 Å². The average Bonchev–Trinajstić information content (AvgIpc) is 2.56. The lowest BCUT2D eigenvalue weighted by molar-refractivity contribution is 0.106. The Bertz CT molecular complexity index is 647. The Kier molecular flexibility index (Phi) is 9.52. The number of rotatable bonds is 6. The molecule has 0 atom stereocenters. The van der Waals surface area contributed by atoms with Crippen LogP contribution in [-0.4, -0.2) is 44.0 Å². The zero-order valence-electron chi connectivity index (χ0n) is 15.5. The van der Waals surface area contributed by atoms with Crippen LogP contribution in [0.2, 0.25) is 0 Å². The summed E-state index contributed by atoms with van der Waals surface area (Å²) < 4.78 is 5.88. The van der Waals surface area contributed by atoms with Gasteiger partial charge in [-0.05, 0) is 16.7 Å². The van der Waals surface area contributed by atoms with Crippen LogP contribution in [0.1, 0.15) is 16.7 Å². The SMILES string of the molecule is CN(C)C(=NCc1ccccc1COCc1ccccc1)N(C)C.I. The number of aliphatic imine (C=N–C) groups is 1. The normalized spacial score (nSPS) is 9.92. The summed E-state index contributed by atoms with van der Waals surface area (Å²) >= 11 is 0. The zero-order chi connectivity index (χ0) is 17.4. The van der Waals surface area contributed by atoms with Crippen molar-refractivity contribution in [1.82, 2.24) is 9.80 Å². The number of benzene rings is 2. The third-order valence-electron chi connectivity index (χ3n) is 3.68. The van der Waals surface area contributed by atoms with Gasteiger partial charge in [0, 0.05) is 28.2 Å². The van der Waals surface area contributed by atoms with Crippen molar-refractivity contribution in [3.63, 3.8) is 0 Å². The number of hydrogen-bond acceptors (Lipinski definition) is 2. The summed E-state index contributed by atoms with van der Waals surface area (Å²) in [6.07, 6.45) is 0. The molecule has 0 aliphatic carbocycles. The fourth-order valence-corrected chi connectivity index (χ4v) is 2.54. The van der Waals surface area contributed by atoms with Crippen LogP contribution in [0.3, 0.4) is 0 Å². The van der Waals surface area contributed by atoms with Gasteiger partial charge in [-0.3, -0.25) is 0 Å². The van der Waals surface area contributed by atoms with E-state index in [9.17, 15) is 0 Å². The Morgan fingerprint density at radius 3 is 1.96 bits per heavy atom. The fraction of sp³-hybridized carbons (Fsp3) is 0.350. The zero-order valence-corrected chi connectivity index (χ0v) is 17.8. The van der Waals surface area contributed by atoms with E-state index in [1.165, 1.54) is 16.7 Å². The molecule has 4 nitrogen and oxygen atoms in total. The molecule has 0 saturated heterocycles. The van der Waals surface area contributed by atoms with E-state index in [1.54, 1.807) is 0 Å². The van der Waals surface area contributed by atoms with Crippen molar-refractivity contribution in [2.45, 2.75) is 19.8 Å². The van der Waals surface area contributed by atoms with E-state index in [4.69, 9.17) is 9.73 Å². The predicted molar refractivity (Wildman–Crippen MR) is 115 cm³/mol. The van der Waals surface area contributed by atoms with Crippen LogP contribution in [0.15, 0.2) is 59.6 Å². The molecule has 0 aliphatic rings. The Hall–Kier alpha value is -1.60. The van der Waals surface area contributed by atoms with Crippen molar-refractivity contribution in [2.24, 2.45) is 4.99 Å². The monoisotopic (exact) mass is 453 g/mol. The van der Waals surface area contributed by atoms with Gasteiger partial charge in [-0.2, -0.15) is 0 Å². The minimum absolute atomic E-state index is 0. The van der Waals surface area contributed by atoms with Gasteiger partial charge in [0.1, 0.15) is 0 Å². The van der Waals surface area contributed by atoms with Crippen LogP contribution in [0, 0.1) is 0 Å². The topological polar surface area (TPSA) is 28.1 Å². The fourth-order valence-electron chi connectivity index (χ4n) is 2.54. The Morgan fingerprint density at radius 2 is 1.36 bits per heavy atom. The van der Waals surface area contributed by atoms with Crippen molar-refractivity contribution in [3.05, 3.63) is 71.3 Å². The van der Waals surface area contributed by atoms with Crippen LogP contribution < -0.4 is 0 Å². The summed E-state index contributed by atoms with van der Waals surface area (Å²) in [5.41, 5.74) is 3.58. The van der Waals surface area contributed by atoms with Gasteiger partial charge in [-0.15, -0.1) is 24.0 Å². The van der Waals surface area contributed by atoms with Crippen molar-refractivity contribution >= 4 is 29.9 Å². The highest BCUT2D eigenvalue weighted by atomic mass is 127. The van der Waals surface area contributed by atoms with Crippen LogP contribution in [0.5, 0.6) is 0 Å². The van der Waals surface area contributed by atoms with E-state index in [0.717, 1.165) is 5.96 Å². The maximum Gasteiger partial charge on any atom is 0.195 e. The van der Waals surface area contributed by atoms with E-state index in [-0.39, 0.29) is 24.0 Å². The van der Waals surface area contributed by atoms with Crippen LogP contribution in [0.25, 0.3) is 0 Å². The van der Waals surface area contributed by atoms with Gasteiger partial charge in [0.05, 0.1) is 19.8 Å². The molecule has 0 radical (unpaired) electrons. The second-order valence-corrected chi connectivity index (χ2v) is 6.15. The molecule has 25 heavy (non-hydrogen) atoms. The van der Waals surface area contributed by atoms with Crippen LogP contribution in [0.4, 0.5) is 0 Å². The molecule has 0 fully saturated rings. The maximum atomic E-state index is 5.88. The number of ether oxygens (including phenoxy) is 1. The number of nitrogens with zero attached hydrogens (tertiary/aromatic N) is 3. The van der Waals surface area contributed by atoms with Gasteiger partial charge in [0.25, 0.3) is 0 Å². The highest BCUT2D eigenvalue weighted by Crippen LogP contribution is 2.13. The molecule has 0 spiro atoms. The highest BCUT2D eigenvalue weighted by Gasteiger charge is 2.06. The van der Waals surface area contributed by atoms with Gasteiger partial charge in [-0.25, -0.2) is 4.99 Å². The van der Waals surface area contributed by atoms with Gasteiger partial charge in [0.15, 0.2) is 5.96 Å². The minimum atomic E-state index is 0. The van der Waals surface area contributed by atoms with E-state index in [0.29, 0.717) is 19.8 Å². The Morgan fingerprint density at radius 1 is 0.800 bits per heavy atom. The van der Waals surface area contributed by atoms with Gasteiger partial charge in [-0.1, -0.05) is 54.6 Å². The molecule has 0 bridgehead atoms. The quantitative estimate of drug-likeness (QED) is 0.376. The third-order valence-corrected chi connectivity index (χ3v) is 3.68. The summed E-state index contributed by atoms with van der Waals surface area (Å²) in [5.74, 6) is 0.954. The second-order valence-electron chi connectivity index (χ2n) is 6.15. The van der Waals surface area contributed by atoms with E-state index in [2.05, 4.69) is 30.3 Å². The smallest absolute Gasteiger partial charge is 0.195 e. The van der Waals surface area contributed by atoms with Crippen molar-refractivity contribution in [1.29, 1.82) is 0 Å². The standard InChI is InChI=1S/C20H27N3O.HI/c1-22(2)20(23(3)4)21-14-18-12-8-9-13-19(18)16-24-15-17-10-6-5-7-11-17;/h5-13H,14-16H2,1-4H3;1H. The first-order valence-corrected chi connectivity index (χ1v) is 8.15. The minimum Gasteiger partial charge on any atom is -0.372 e. The molecule has 2 aromatic rings. The predicted octanol–water partition coefficient (Wildman–Crippen LogP) is 4.00. The number of hydrogen-bond donors (Lipinski definition) is 0. The summed E-state index contributed by atoms with van der Waals surface area (Å²) in [6, 6.07) is 18.6. The van der Waals surface area contributed by atoms with Gasteiger partial charge < -0.3 is 14.5 Å². The van der Waals surface area contributed by atoms with Crippen LogP contribution >= 0.6 is 24.0 Å². The van der Waals surface area contributed by atoms with E-state index >= 15 is 0 Å². The largest absolute Gasteiger partial charge is 0.372 e. The molecule has 2 rings (SSSR count). The van der Waals surface area contributed by atoms with Gasteiger partial charge in [0.2, 0.25) is 0 Å². The Balaban J connectivity index is 0.00000312. The molecule has 0 heterocycles. The molecule has 0 amide bonds. The maximum absolute atomic E-state index is 5.88. The second kappa shape index (κ2) is 11.1. The van der Waals surface area contributed by atoms with E-state index < -0.39 is 0 Å². The average molecular weight is 453 g/mol. The molecule has 136 valence electrons. The molecule has 5 heteroatoms. The summed E-state index contributed by atoms with van der Waals surface area (Å²) in [5, 5.41) is 0. The highest BCUT2D eigenvalue weighted by molar-refractivity contribution is 14.0. The molecule has 0 aromatic heterocycles. The lowest BCUT2D eigenvalue weighted by Crippen LogP contribution is -2.35. The van der Waals surface area contributed by atoms with Crippen molar-refractivity contribution < 1.29 is 4.74 Å². The molecule has 0 N–H and O–H groups in total. The molecule has 0 aliphatic heterocycles.